The van der Waals surface area contributed by atoms with Crippen molar-refractivity contribution in [1.29, 1.82) is 5.26 Å². The van der Waals surface area contributed by atoms with Gasteiger partial charge in [-0.05, 0) is 19.8 Å². The molecule has 0 radical (unpaired) electrons. The number of amides is 1. The first-order valence-corrected chi connectivity index (χ1v) is 9.03. The summed E-state index contributed by atoms with van der Waals surface area (Å²) in [7, 11) is 0. The number of rotatable bonds is 2. The van der Waals surface area contributed by atoms with E-state index in [0.717, 1.165) is 6.42 Å². The van der Waals surface area contributed by atoms with Crippen molar-refractivity contribution in [1.82, 2.24) is 10.1 Å². The molecule has 0 unspecified atom stereocenters. The van der Waals surface area contributed by atoms with Gasteiger partial charge in [-0.1, -0.05) is 38.9 Å². The van der Waals surface area contributed by atoms with Crippen LogP contribution < -0.4 is 0 Å². The van der Waals surface area contributed by atoms with Crippen LogP contribution in [0.3, 0.4) is 0 Å². The monoisotopic (exact) mass is 355 g/mol. The Morgan fingerprint density at radius 1 is 1.42 bits per heavy atom. The zero-order valence-electron chi connectivity index (χ0n) is 16.0. The first-order valence-electron chi connectivity index (χ1n) is 9.03. The Hall–Kier alpha value is -2.42. The van der Waals surface area contributed by atoms with Crippen LogP contribution in [0.2, 0.25) is 0 Å². The number of carbonyl (C=O) groups excluding carboxylic acids is 2. The molecule has 1 aliphatic carbocycles. The van der Waals surface area contributed by atoms with E-state index in [1.54, 1.807) is 13.0 Å². The molecular formula is C20H25N3O3. The number of hydrogen-bond donors (Lipinski definition) is 0. The zero-order chi connectivity index (χ0) is 19.3. The van der Waals surface area contributed by atoms with Crippen molar-refractivity contribution >= 4 is 11.7 Å². The Morgan fingerprint density at radius 2 is 2.12 bits per heavy atom. The predicted octanol–water partition coefficient (Wildman–Crippen LogP) is 3.39. The van der Waals surface area contributed by atoms with Gasteiger partial charge in [0.25, 0.3) is 5.91 Å². The molecule has 1 atom stereocenters. The fourth-order valence-corrected chi connectivity index (χ4v) is 4.36. The van der Waals surface area contributed by atoms with Crippen molar-refractivity contribution in [2.45, 2.75) is 53.4 Å². The summed E-state index contributed by atoms with van der Waals surface area (Å²) < 4.78 is 5.36. The van der Waals surface area contributed by atoms with Gasteiger partial charge in [0, 0.05) is 29.8 Å². The Bertz CT molecular complexity index is 841. The molecule has 26 heavy (non-hydrogen) atoms. The third kappa shape index (κ3) is 2.86. The number of ketones is 1. The molecule has 0 bridgehead atoms. The second kappa shape index (κ2) is 6.08. The quantitative estimate of drug-likeness (QED) is 0.811. The minimum atomic E-state index is -0.588. The van der Waals surface area contributed by atoms with Crippen molar-refractivity contribution in [3.05, 3.63) is 28.7 Å². The van der Waals surface area contributed by atoms with Gasteiger partial charge in [-0.15, -0.1) is 0 Å². The smallest absolute Gasteiger partial charge is 0.259 e. The van der Waals surface area contributed by atoms with Crippen LogP contribution in [0.4, 0.5) is 0 Å². The van der Waals surface area contributed by atoms with Gasteiger partial charge in [0.2, 0.25) is 0 Å². The number of hydrogen-bond acceptors (Lipinski definition) is 5. The molecule has 1 amide bonds. The minimum Gasteiger partial charge on any atom is -0.360 e. The predicted molar refractivity (Wildman–Crippen MR) is 95.4 cm³/mol. The SMILES string of the molecule is Cc1noc(C(C)C)c1C(=O)N1CC[C@@]2(C=C(C#N)C(=O)C(C)(C)C2)C1. The normalized spacial score (nSPS) is 24.9. The van der Waals surface area contributed by atoms with Crippen LogP contribution in [-0.2, 0) is 4.79 Å². The third-order valence-corrected chi connectivity index (χ3v) is 5.52. The summed E-state index contributed by atoms with van der Waals surface area (Å²) in [5.74, 6) is 0.502. The van der Waals surface area contributed by atoms with Crippen molar-refractivity contribution < 1.29 is 14.1 Å². The maximum Gasteiger partial charge on any atom is 0.259 e. The molecule has 0 aromatic carbocycles. The van der Waals surface area contributed by atoms with Gasteiger partial charge in [0.15, 0.2) is 11.5 Å². The molecular weight excluding hydrogens is 330 g/mol. The number of Topliss-reactive ketones (excluding diaryl/α,β-unsaturated/α-hetero) is 1. The minimum absolute atomic E-state index is 0.0723. The first kappa shape index (κ1) is 18.4. The van der Waals surface area contributed by atoms with E-state index < -0.39 is 5.41 Å². The van der Waals surface area contributed by atoms with E-state index in [2.05, 4.69) is 5.16 Å². The van der Waals surface area contributed by atoms with Gasteiger partial charge < -0.3 is 9.42 Å². The zero-order valence-corrected chi connectivity index (χ0v) is 16.0. The summed E-state index contributed by atoms with van der Waals surface area (Å²) in [6, 6.07) is 2.05. The highest BCUT2D eigenvalue weighted by atomic mass is 16.5. The lowest BCUT2D eigenvalue weighted by Gasteiger charge is -2.38. The van der Waals surface area contributed by atoms with Crippen LogP contribution in [-0.4, -0.2) is 34.8 Å². The van der Waals surface area contributed by atoms with E-state index in [-0.39, 0.29) is 28.6 Å². The van der Waals surface area contributed by atoms with Crippen LogP contribution in [0.1, 0.15) is 68.3 Å². The van der Waals surface area contributed by atoms with E-state index in [1.807, 2.05) is 38.7 Å². The molecule has 6 heteroatoms. The van der Waals surface area contributed by atoms with Gasteiger partial charge >= 0.3 is 0 Å². The van der Waals surface area contributed by atoms with Gasteiger partial charge in [-0.3, -0.25) is 9.59 Å². The number of nitrogens with zero attached hydrogens (tertiary/aromatic N) is 3. The highest BCUT2D eigenvalue weighted by Gasteiger charge is 2.49. The van der Waals surface area contributed by atoms with Crippen LogP contribution in [0.25, 0.3) is 0 Å². The average Bonchev–Trinajstić information content (AvgIpc) is 3.14. The lowest BCUT2D eigenvalue weighted by atomic mass is 9.64. The Morgan fingerprint density at radius 3 is 2.73 bits per heavy atom. The molecule has 138 valence electrons. The maximum atomic E-state index is 13.1. The molecule has 2 aliphatic rings. The lowest BCUT2D eigenvalue weighted by molar-refractivity contribution is -0.125. The van der Waals surface area contributed by atoms with Gasteiger partial charge in [-0.25, -0.2) is 0 Å². The van der Waals surface area contributed by atoms with Crippen molar-refractivity contribution in [3.63, 3.8) is 0 Å². The van der Waals surface area contributed by atoms with Gasteiger partial charge in [0.1, 0.15) is 11.6 Å². The third-order valence-electron chi connectivity index (χ3n) is 5.52. The average molecular weight is 355 g/mol. The molecule has 1 fully saturated rings. The summed E-state index contributed by atoms with van der Waals surface area (Å²) in [4.78, 5) is 27.3. The summed E-state index contributed by atoms with van der Waals surface area (Å²) in [5, 5.41) is 13.3. The lowest BCUT2D eigenvalue weighted by Crippen LogP contribution is -2.41. The Kier molecular flexibility index (Phi) is 4.30. The molecule has 1 spiro atoms. The number of aryl methyl sites for hydroxylation is 1. The van der Waals surface area contributed by atoms with E-state index >= 15 is 0 Å². The van der Waals surface area contributed by atoms with Crippen LogP contribution >= 0.6 is 0 Å². The molecule has 0 N–H and O–H groups in total. The molecule has 1 aromatic rings. The second-order valence-corrected chi connectivity index (χ2v) is 8.56. The second-order valence-electron chi connectivity index (χ2n) is 8.56. The Labute approximate surface area is 153 Å². The van der Waals surface area contributed by atoms with Crippen LogP contribution in [0.15, 0.2) is 16.2 Å². The summed E-state index contributed by atoms with van der Waals surface area (Å²) in [5.41, 5.74) is 0.468. The van der Waals surface area contributed by atoms with E-state index in [4.69, 9.17) is 4.52 Å². The van der Waals surface area contributed by atoms with E-state index in [9.17, 15) is 14.9 Å². The maximum absolute atomic E-state index is 13.1. The molecule has 1 saturated heterocycles. The number of likely N-dealkylation sites (tertiary alicyclic amines) is 1. The largest absolute Gasteiger partial charge is 0.360 e. The van der Waals surface area contributed by atoms with Gasteiger partial charge in [-0.2, -0.15) is 5.26 Å². The summed E-state index contributed by atoms with van der Waals surface area (Å²) >= 11 is 0. The number of carbonyl (C=O) groups is 2. The first-order chi connectivity index (χ1) is 12.1. The molecule has 3 rings (SSSR count). The van der Waals surface area contributed by atoms with E-state index in [1.165, 1.54) is 0 Å². The van der Waals surface area contributed by atoms with Crippen molar-refractivity contribution in [2.24, 2.45) is 10.8 Å². The number of aromatic nitrogens is 1. The fraction of sp³-hybridized carbons (Fsp3) is 0.600. The number of allylic oxidation sites excluding steroid dienone is 1. The van der Waals surface area contributed by atoms with Crippen LogP contribution in [0, 0.1) is 29.1 Å². The van der Waals surface area contributed by atoms with Crippen molar-refractivity contribution in [3.8, 4) is 6.07 Å². The topological polar surface area (TPSA) is 87.2 Å². The standard InChI is InChI=1S/C20H25N3O3/c1-12(2)16-15(13(3)22-26-16)18(25)23-7-6-20(11-23)8-14(9-21)17(24)19(4,5)10-20/h8,12H,6-7,10-11H2,1-5H3/t20-/m0/s1. The molecule has 1 aliphatic heterocycles. The summed E-state index contributed by atoms with van der Waals surface area (Å²) in [6.45, 7) is 10.6. The highest BCUT2D eigenvalue weighted by Crippen LogP contribution is 2.48. The van der Waals surface area contributed by atoms with Crippen LogP contribution in [0.5, 0.6) is 0 Å². The molecule has 6 nitrogen and oxygen atoms in total. The highest BCUT2D eigenvalue weighted by molar-refractivity contribution is 6.04. The van der Waals surface area contributed by atoms with E-state index in [0.29, 0.717) is 36.5 Å². The molecule has 0 saturated carbocycles. The summed E-state index contributed by atoms with van der Waals surface area (Å²) in [6.07, 6.45) is 3.20. The van der Waals surface area contributed by atoms with Gasteiger partial charge in [0.05, 0.1) is 11.3 Å². The molecule has 1 aromatic heterocycles. The Balaban J connectivity index is 1.91. The fourth-order valence-electron chi connectivity index (χ4n) is 4.36. The molecule has 2 heterocycles. The van der Waals surface area contributed by atoms with Crippen molar-refractivity contribution in [2.75, 3.05) is 13.1 Å². The number of nitriles is 1.